The number of fused-ring (bicyclic) bond motifs is 1. The average Bonchev–Trinajstić information content (AvgIpc) is 2.91. The Morgan fingerprint density at radius 2 is 2.19 bits per heavy atom. The number of hydrogen-bond acceptors (Lipinski definition) is 5. The standard InChI is InChI=1S/C14H18BrNO4S/c1-18-4-2-3-16-14(17)8-21-7-10-5-12-13(6-11(10)15)20-9-19-12/h5-6H,2-4,7-9H2,1H3,(H,16,17). The van der Waals surface area contributed by atoms with Crippen molar-refractivity contribution in [1.29, 1.82) is 0 Å². The minimum Gasteiger partial charge on any atom is -0.454 e. The molecule has 0 radical (unpaired) electrons. The Balaban J connectivity index is 1.72. The molecule has 5 nitrogen and oxygen atoms in total. The SMILES string of the molecule is COCCCNC(=O)CSCc1cc2c(cc1Br)OCO2. The van der Waals surface area contributed by atoms with Crippen LogP contribution in [0, 0.1) is 0 Å². The molecule has 1 N–H and O–H groups in total. The van der Waals surface area contributed by atoms with Gasteiger partial charge < -0.3 is 19.5 Å². The summed E-state index contributed by atoms with van der Waals surface area (Å²) in [7, 11) is 1.65. The minimum absolute atomic E-state index is 0.0490. The third-order valence-electron chi connectivity index (χ3n) is 2.88. The van der Waals surface area contributed by atoms with Crippen LogP contribution in [0.4, 0.5) is 0 Å². The molecule has 0 aromatic heterocycles. The molecule has 1 heterocycles. The first-order valence-electron chi connectivity index (χ1n) is 6.62. The summed E-state index contributed by atoms with van der Waals surface area (Å²) in [5.74, 6) is 2.74. The number of benzene rings is 1. The Morgan fingerprint density at radius 1 is 1.43 bits per heavy atom. The van der Waals surface area contributed by atoms with Crippen molar-refractivity contribution in [2.24, 2.45) is 0 Å². The molecular weight excluding hydrogens is 358 g/mol. The molecule has 1 aliphatic heterocycles. The zero-order valence-electron chi connectivity index (χ0n) is 11.8. The molecule has 21 heavy (non-hydrogen) atoms. The quantitative estimate of drug-likeness (QED) is 0.707. The fourth-order valence-corrected chi connectivity index (χ4v) is 3.32. The second-order valence-electron chi connectivity index (χ2n) is 4.49. The second-order valence-corrected chi connectivity index (χ2v) is 6.33. The molecule has 0 bridgehead atoms. The number of halogens is 1. The van der Waals surface area contributed by atoms with E-state index in [0.717, 1.165) is 33.7 Å². The molecule has 1 aromatic carbocycles. The van der Waals surface area contributed by atoms with Crippen molar-refractivity contribution < 1.29 is 19.0 Å². The molecule has 1 aliphatic rings. The van der Waals surface area contributed by atoms with Gasteiger partial charge in [0.25, 0.3) is 0 Å². The summed E-state index contributed by atoms with van der Waals surface area (Å²) in [6.45, 7) is 1.58. The summed E-state index contributed by atoms with van der Waals surface area (Å²) in [5, 5.41) is 2.86. The molecule has 0 fully saturated rings. The second kappa shape index (κ2) is 8.51. The number of methoxy groups -OCH3 is 1. The largest absolute Gasteiger partial charge is 0.454 e. The lowest BCUT2D eigenvalue weighted by molar-refractivity contribution is -0.118. The summed E-state index contributed by atoms with van der Waals surface area (Å²) in [5.41, 5.74) is 1.09. The maximum absolute atomic E-state index is 11.6. The lowest BCUT2D eigenvalue weighted by Gasteiger charge is -2.07. The van der Waals surface area contributed by atoms with Gasteiger partial charge >= 0.3 is 0 Å². The van der Waals surface area contributed by atoms with Gasteiger partial charge in [0, 0.05) is 30.5 Å². The fraction of sp³-hybridized carbons (Fsp3) is 0.500. The lowest BCUT2D eigenvalue weighted by atomic mass is 10.2. The molecule has 1 aromatic rings. The molecular formula is C14H18BrNO4S. The number of thioether (sulfide) groups is 1. The number of ether oxygens (including phenoxy) is 3. The number of carbonyl (C=O) groups excluding carboxylic acids is 1. The predicted molar refractivity (Wildman–Crippen MR) is 85.9 cm³/mol. The fourth-order valence-electron chi connectivity index (χ4n) is 1.82. The highest BCUT2D eigenvalue weighted by Gasteiger charge is 2.16. The van der Waals surface area contributed by atoms with Crippen molar-refractivity contribution >= 4 is 33.6 Å². The van der Waals surface area contributed by atoms with Crippen LogP contribution < -0.4 is 14.8 Å². The summed E-state index contributed by atoms with van der Waals surface area (Å²) in [6.07, 6.45) is 0.834. The van der Waals surface area contributed by atoms with Crippen LogP contribution in [0.15, 0.2) is 16.6 Å². The van der Waals surface area contributed by atoms with Gasteiger partial charge in [0.1, 0.15) is 0 Å². The van der Waals surface area contributed by atoms with Crippen molar-refractivity contribution in [3.05, 3.63) is 22.2 Å². The topological polar surface area (TPSA) is 56.8 Å². The van der Waals surface area contributed by atoms with Gasteiger partial charge in [0.2, 0.25) is 12.7 Å². The smallest absolute Gasteiger partial charge is 0.231 e. The molecule has 7 heteroatoms. The Morgan fingerprint density at radius 3 is 2.95 bits per heavy atom. The molecule has 0 saturated carbocycles. The van der Waals surface area contributed by atoms with Crippen LogP contribution in [-0.2, 0) is 15.3 Å². The van der Waals surface area contributed by atoms with Crippen LogP contribution in [-0.4, -0.2) is 38.7 Å². The Bertz CT molecular complexity index is 498. The van der Waals surface area contributed by atoms with Crippen molar-refractivity contribution in [2.75, 3.05) is 32.8 Å². The molecule has 0 saturated heterocycles. The van der Waals surface area contributed by atoms with E-state index in [4.69, 9.17) is 14.2 Å². The van der Waals surface area contributed by atoms with E-state index in [-0.39, 0.29) is 12.7 Å². The molecule has 0 atom stereocenters. The summed E-state index contributed by atoms with van der Waals surface area (Å²) >= 11 is 5.08. The number of amides is 1. The van der Waals surface area contributed by atoms with E-state index in [1.165, 1.54) is 0 Å². The van der Waals surface area contributed by atoms with Crippen molar-refractivity contribution in [3.63, 3.8) is 0 Å². The van der Waals surface area contributed by atoms with Gasteiger partial charge in [-0.1, -0.05) is 15.9 Å². The predicted octanol–water partition coefficient (Wildman–Crippen LogP) is 2.56. The Labute approximate surface area is 136 Å². The highest BCUT2D eigenvalue weighted by Crippen LogP contribution is 2.38. The van der Waals surface area contributed by atoms with Crippen LogP contribution in [0.2, 0.25) is 0 Å². The molecule has 0 aliphatic carbocycles. The van der Waals surface area contributed by atoms with E-state index in [1.807, 2.05) is 12.1 Å². The highest BCUT2D eigenvalue weighted by molar-refractivity contribution is 9.10. The Hall–Kier alpha value is -0.920. The molecule has 0 unspecified atom stereocenters. The van der Waals surface area contributed by atoms with Gasteiger partial charge in [-0.05, 0) is 24.1 Å². The zero-order valence-corrected chi connectivity index (χ0v) is 14.2. The Kier molecular flexibility index (Phi) is 6.66. The van der Waals surface area contributed by atoms with Crippen molar-refractivity contribution in [2.45, 2.75) is 12.2 Å². The van der Waals surface area contributed by atoms with Gasteiger partial charge in [0.15, 0.2) is 11.5 Å². The van der Waals surface area contributed by atoms with Gasteiger partial charge in [-0.2, -0.15) is 0 Å². The third kappa shape index (κ3) is 5.09. The minimum atomic E-state index is 0.0490. The summed E-state index contributed by atoms with van der Waals surface area (Å²) < 4.78 is 16.6. The van der Waals surface area contributed by atoms with Crippen LogP contribution in [0.5, 0.6) is 11.5 Å². The first-order valence-corrected chi connectivity index (χ1v) is 8.57. The zero-order chi connectivity index (χ0) is 15.1. The van der Waals surface area contributed by atoms with Crippen LogP contribution in [0.25, 0.3) is 0 Å². The summed E-state index contributed by atoms with van der Waals surface area (Å²) in [4.78, 5) is 11.6. The number of carbonyl (C=O) groups is 1. The van der Waals surface area contributed by atoms with E-state index in [0.29, 0.717) is 18.9 Å². The van der Waals surface area contributed by atoms with Gasteiger partial charge in [-0.3, -0.25) is 4.79 Å². The number of hydrogen-bond donors (Lipinski definition) is 1. The van der Waals surface area contributed by atoms with Gasteiger partial charge in [0.05, 0.1) is 5.75 Å². The van der Waals surface area contributed by atoms with E-state index in [1.54, 1.807) is 18.9 Å². The van der Waals surface area contributed by atoms with E-state index in [2.05, 4.69) is 21.2 Å². The summed E-state index contributed by atoms with van der Waals surface area (Å²) in [6, 6.07) is 3.86. The molecule has 116 valence electrons. The molecule has 1 amide bonds. The first-order chi connectivity index (χ1) is 10.2. The number of rotatable bonds is 8. The average molecular weight is 376 g/mol. The van der Waals surface area contributed by atoms with Crippen molar-refractivity contribution in [1.82, 2.24) is 5.32 Å². The van der Waals surface area contributed by atoms with Crippen molar-refractivity contribution in [3.8, 4) is 11.5 Å². The molecule has 0 spiro atoms. The monoisotopic (exact) mass is 375 g/mol. The number of nitrogens with one attached hydrogen (secondary N) is 1. The van der Waals surface area contributed by atoms with Crippen LogP contribution in [0.1, 0.15) is 12.0 Å². The first kappa shape index (κ1) is 16.5. The normalized spacial score (nSPS) is 12.5. The van der Waals surface area contributed by atoms with E-state index < -0.39 is 0 Å². The lowest BCUT2D eigenvalue weighted by Crippen LogP contribution is -2.26. The van der Waals surface area contributed by atoms with Gasteiger partial charge in [-0.25, -0.2) is 0 Å². The van der Waals surface area contributed by atoms with Crippen LogP contribution >= 0.6 is 27.7 Å². The molecule has 2 rings (SSSR count). The van der Waals surface area contributed by atoms with Gasteiger partial charge in [-0.15, -0.1) is 11.8 Å². The maximum Gasteiger partial charge on any atom is 0.231 e. The van der Waals surface area contributed by atoms with Crippen LogP contribution in [0.3, 0.4) is 0 Å². The van der Waals surface area contributed by atoms with E-state index >= 15 is 0 Å². The third-order valence-corrected chi connectivity index (χ3v) is 4.60. The maximum atomic E-state index is 11.6. The van der Waals surface area contributed by atoms with E-state index in [9.17, 15) is 4.79 Å². The highest BCUT2D eigenvalue weighted by atomic mass is 79.9.